The lowest BCUT2D eigenvalue weighted by molar-refractivity contribution is 0.248. The molecule has 1 atom stereocenters. The zero-order valence-electron chi connectivity index (χ0n) is 12.1. The summed E-state index contributed by atoms with van der Waals surface area (Å²) < 4.78 is 17.8. The summed E-state index contributed by atoms with van der Waals surface area (Å²) in [5, 5.41) is 7.72. The van der Waals surface area contributed by atoms with Crippen LogP contribution in [0.25, 0.3) is 11.0 Å². The molecule has 0 spiro atoms. The molecule has 3 aromatic rings. The number of nitrogens with zero attached hydrogens (tertiary/aromatic N) is 3. The number of aromatic nitrogens is 2. The highest BCUT2D eigenvalue weighted by Crippen LogP contribution is 2.33. The van der Waals surface area contributed by atoms with E-state index in [1.54, 1.807) is 12.1 Å². The van der Waals surface area contributed by atoms with Crippen molar-refractivity contribution in [3.63, 3.8) is 0 Å². The van der Waals surface area contributed by atoms with Gasteiger partial charge in [0, 0.05) is 12.6 Å². The minimum Gasteiger partial charge on any atom is -0.292 e. The lowest BCUT2D eigenvalue weighted by atomic mass is 10.0. The van der Waals surface area contributed by atoms with E-state index in [1.807, 2.05) is 24.3 Å². The first-order valence-electron chi connectivity index (χ1n) is 7.50. The van der Waals surface area contributed by atoms with Crippen molar-refractivity contribution in [2.24, 2.45) is 0 Å². The van der Waals surface area contributed by atoms with Gasteiger partial charge in [-0.1, -0.05) is 18.2 Å². The number of fused-ring (bicyclic) bond motifs is 1. The molecule has 22 heavy (non-hydrogen) atoms. The first-order valence-corrected chi connectivity index (χ1v) is 7.50. The van der Waals surface area contributed by atoms with Crippen molar-refractivity contribution in [3.8, 4) is 0 Å². The predicted octanol–water partition coefficient (Wildman–Crippen LogP) is 3.70. The highest BCUT2D eigenvalue weighted by Gasteiger charge is 2.26. The number of hydrogen-bond donors (Lipinski definition) is 0. The summed E-state index contributed by atoms with van der Waals surface area (Å²) in [4.78, 5) is 2.43. The Morgan fingerprint density at radius 3 is 2.77 bits per heavy atom. The molecule has 2 heterocycles. The standard InChI is InChI=1S/C17H16FN3O/c18-14-6-4-13(5-7-14)17-2-1-9-21(17)11-12-3-8-15-16(10-12)20-22-19-15/h3-8,10,17H,1-2,9,11H2/t17-/m1/s1. The Kier molecular flexibility index (Phi) is 3.35. The third-order valence-electron chi connectivity index (χ3n) is 4.32. The van der Waals surface area contributed by atoms with Crippen LogP contribution >= 0.6 is 0 Å². The van der Waals surface area contributed by atoms with E-state index in [2.05, 4.69) is 21.3 Å². The molecule has 1 aliphatic rings. The van der Waals surface area contributed by atoms with E-state index in [4.69, 9.17) is 4.63 Å². The average Bonchev–Trinajstić information content (AvgIpc) is 3.17. The van der Waals surface area contributed by atoms with Crippen LogP contribution in [0.4, 0.5) is 4.39 Å². The molecule has 0 saturated carbocycles. The summed E-state index contributed by atoms with van der Waals surface area (Å²) >= 11 is 0. The van der Waals surface area contributed by atoms with Gasteiger partial charge in [0.1, 0.15) is 16.9 Å². The molecule has 1 aromatic heterocycles. The van der Waals surface area contributed by atoms with Crippen LogP contribution in [0.2, 0.25) is 0 Å². The van der Waals surface area contributed by atoms with Crippen molar-refractivity contribution < 1.29 is 9.02 Å². The van der Waals surface area contributed by atoms with E-state index in [-0.39, 0.29) is 5.82 Å². The molecule has 0 unspecified atom stereocenters. The molecule has 4 rings (SSSR count). The van der Waals surface area contributed by atoms with E-state index < -0.39 is 0 Å². The topological polar surface area (TPSA) is 42.2 Å². The Labute approximate surface area is 127 Å². The van der Waals surface area contributed by atoms with E-state index in [1.165, 1.54) is 11.1 Å². The lowest BCUT2D eigenvalue weighted by Crippen LogP contribution is -2.22. The van der Waals surface area contributed by atoms with Crippen LogP contribution in [-0.2, 0) is 6.54 Å². The molecule has 2 aromatic carbocycles. The van der Waals surface area contributed by atoms with Gasteiger partial charge in [0.2, 0.25) is 0 Å². The van der Waals surface area contributed by atoms with Crippen molar-refractivity contribution in [2.75, 3.05) is 6.54 Å². The molecule has 1 saturated heterocycles. The molecule has 0 N–H and O–H groups in total. The molecule has 4 nitrogen and oxygen atoms in total. The van der Waals surface area contributed by atoms with Gasteiger partial charge in [0.05, 0.1) is 0 Å². The highest BCUT2D eigenvalue weighted by atomic mass is 19.1. The summed E-state index contributed by atoms with van der Waals surface area (Å²) in [6.07, 6.45) is 2.27. The van der Waals surface area contributed by atoms with Crippen LogP contribution in [0, 0.1) is 5.82 Å². The van der Waals surface area contributed by atoms with E-state index in [9.17, 15) is 4.39 Å². The van der Waals surface area contributed by atoms with Crippen LogP contribution in [0.1, 0.15) is 30.0 Å². The third kappa shape index (κ3) is 2.48. The van der Waals surface area contributed by atoms with Crippen molar-refractivity contribution >= 4 is 11.0 Å². The average molecular weight is 297 g/mol. The fourth-order valence-corrected chi connectivity index (χ4v) is 3.24. The van der Waals surface area contributed by atoms with E-state index in [0.717, 1.165) is 37.0 Å². The lowest BCUT2D eigenvalue weighted by Gasteiger charge is -2.25. The fourth-order valence-electron chi connectivity index (χ4n) is 3.24. The molecule has 1 aliphatic heterocycles. The maximum absolute atomic E-state index is 13.1. The van der Waals surface area contributed by atoms with Crippen molar-refractivity contribution in [1.29, 1.82) is 0 Å². The van der Waals surface area contributed by atoms with Gasteiger partial charge in [-0.15, -0.1) is 0 Å². The van der Waals surface area contributed by atoms with Gasteiger partial charge in [-0.25, -0.2) is 9.02 Å². The molecule has 1 fully saturated rings. The molecule has 0 amide bonds. The first-order chi connectivity index (χ1) is 10.8. The van der Waals surface area contributed by atoms with Gasteiger partial charge >= 0.3 is 0 Å². The minimum absolute atomic E-state index is 0.183. The number of benzene rings is 2. The molecule has 112 valence electrons. The summed E-state index contributed by atoms with van der Waals surface area (Å²) in [6.45, 7) is 1.90. The second-order valence-corrected chi connectivity index (χ2v) is 5.77. The number of halogens is 1. The maximum atomic E-state index is 13.1. The molecule has 5 heteroatoms. The van der Waals surface area contributed by atoms with E-state index in [0.29, 0.717) is 6.04 Å². The fraction of sp³-hybridized carbons (Fsp3) is 0.294. The molecular formula is C17H16FN3O. The van der Waals surface area contributed by atoms with Gasteiger partial charge in [0.15, 0.2) is 0 Å². The van der Waals surface area contributed by atoms with Crippen LogP contribution in [0.3, 0.4) is 0 Å². The summed E-state index contributed by atoms with van der Waals surface area (Å²) in [7, 11) is 0. The number of rotatable bonds is 3. The first kappa shape index (κ1) is 13.4. The Morgan fingerprint density at radius 2 is 1.91 bits per heavy atom. The zero-order chi connectivity index (χ0) is 14.9. The zero-order valence-corrected chi connectivity index (χ0v) is 12.1. The molecule has 0 bridgehead atoms. The molecule has 0 aliphatic carbocycles. The van der Waals surface area contributed by atoms with Gasteiger partial charge in [-0.05, 0) is 65.1 Å². The Morgan fingerprint density at radius 1 is 1.09 bits per heavy atom. The minimum atomic E-state index is -0.183. The number of likely N-dealkylation sites (tertiary alicyclic amines) is 1. The van der Waals surface area contributed by atoms with Crippen molar-refractivity contribution in [1.82, 2.24) is 15.2 Å². The predicted molar refractivity (Wildman–Crippen MR) is 80.6 cm³/mol. The summed E-state index contributed by atoms with van der Waals surface area (Å²) in [5.74, 6) is -0.183. The normalized spacial score (nSPS) is 19.0. The van der Waals surface area contributed by atoms with Crippen LogP contribution in [0.15, 0.2) is 47.1 Å². The quantitative estimate of drug-likeness (QED) is 0.739. The SMILES string of the molecule is Fc1ccc([C@H]2CCCN2Cc2ccc3nonc3c2)cc1. The van der Waals surface area contributed by atoms with Crippen LogP contribution in [-0.4, -0.2) is 21.8 Å². The second-order valence-electron chi connectivity index (χ2n) is 5.77. The molecule has 0 radical (unpaired) electrons. The molecular weight excluding hydrogens is 281 g/mol. The van der Waals surface area contributed by atoms with Gasteiger partial charge in [-0.2, -0.15) is 0 Å². The number of hydrogen-bond acceptors (Lipinski definition) is 4. The largest absolute Gasteiger partial charge is 0.292 e. The summed E-state index contributed by atoms with van der Waals surface area (Å²) in [5.41, 5.74) is 3.94. The third-order valence-corrected chi connectivity index (χ3v) is 4.32. The Bertz CT molecular complexity index is 784. The van der Waals surface area contributed by atoms with Crippen molar-refractivity contribution in [2.45, 2.75) is 25.4 Å². The van der Waals surface area contributed by atoms with E-state index >= 15 is 0 Å². The second kappa shape index (κ2) is 5.50. The Balaban J connectivity index is 1.56. The highest BCUT2D eigenvalue weighted by molar-refractivity contribution is 5.73. The van der Waals surface area contributed by atoms with Crippen molar-refractivity contribution in [3.05, 3.63) is 59.4 Å². The van der Waals surface area contributed by atoms with Crippen LogP contribution in [0.5, 0.6) is 0 Å². The maximum Gasteiger partial charge on any atom is 0.135 e. The van der Waals surface area contributed by atoms with Gasteiger partial charge < -0.3 is 0 Å². The smallest absolute Gasteiger partial charge is 0.135 e. The monoisotopic (exact) mass is 297 g/mol. The Hall–Kier alpha value is -2.27. The summed E-state index contributed by atoms with van der Waals surface area (Å²) in [6, 6.07) is 13.2. The van der Waals surface area contributed by atoms with Crippen LogP contribution < -0.4 is 0 Å². The van der Waals surface area contributed by atoms with Gasteiger partial charge in [-0.3, -0.25) is 4.90 Å². The van der Waals surface area contributed by atoms with Gasteiger partial charge in [0.25, 0.3) is 0 Å².